The molecular formula is C23H27F5N2O3. The maximum atomic E-state index is 13.7. The van der Waals surface area contributed by atoms with E-state index in [2.05, 4.69) is 5.32 Å². The Balaban J connectivity index is 2.21. The van der Waals surface area contributed by atoms with Gasteiger partial charge in [0.25, 0.3) is 0 Å². The summed E-state index contributed by atoms with van der Waals surface area (Å²) in [6.45, 7) is 4.67. The minimum absolute atomic E-state index is 0.00905. The van der Waals surface area contributed by atoms with E-state index in [-0.39, 0.29) is 25.1 Å². The summed E-state index contributed by atoms with van der Waals surface area (Å²) < 4.78 is 66.0. The zero-order valence-electron chi connectivity index (χ0n) is 18.5. The molecular weight excluding hydrogens is 447 g/mol. The first kappa shape index (κ1) is 26.5. The number of carboxylic acid groups (broad SMARTS) is 1. The number of alkyl halides is 3. The SMILES string of the molecule is CC(C)(C)N(C(=O)O)[C@@H](Cc1cc(F)cc(F)c1)[C@@H](O)CNCc1cccc(C(F)(F)F)c1. The monoisotopic (exact) mass is 474 g/mol. The van der Waals surface area contributed by atoms with E-state index in [0.29, 0.717) is 11.6 Å². The minimum Gasteiger partial charge on any atom is -0.465 e. The van der Waals surface area contributed by atoms with Crippen LogP contribution in [0, 0.1) is 11.6 Å². The third-order valence-corrected chi connectivity index (χ3v) is 5.01. The molecule has 5 nitrogen and oxygen atoms in total. The number of benzene rings is 2. The van der Waals surface area contributed by atoms with Crippen LogP contribution in [0.15, 0.2) is 42.5 Å². The van der Waals surface area contributed by atoms with Gasteiger partial charge in [-0.2, -0.15) is 13.2 Å². The van der Waals surface area contributed by atoms with E-state index in [1.54, 1.807) is 20.8 Å². The molecule has 0 saturated heterocycles. The summed E-state index contributed by atoms with van der Waals surface area (Å²) in [5, 5.41) is 23.4. The van der Waals surface area contributed by atoms with Crippen molar-refractivity contribution >= 4 is 6.09 Å². The lowest BCUT2D eigenvalue weighted by Gasteiger charge is -2.42. The second-order valence-corrected chi connectivity index (χ2v) is 8.77. The second kappa shape index (κ2) is 10.5. The Hall–Kier alpha value is -2.72. The van der Waals surface area contributed by atoms with Crippen molar-refractivity contribution in [1.29, 1.82) is 0 Å². The number of amides is 1. The lowest BCUT2D eigenvalue weighted by atomic mass is 9.94. The van der Waals surface area contributed by atoms with Gasteiger partial charge in [-0.3, -0.25) is 4.90 Å². The number of aliphatic hydroxyl groups excluding tert-OH is 1. The molecule has 33 heavy (non-hydrogen) atoms. The number of halogens is 5. The highest BCUT2D eigenvalue weighted by Crippen LogP contribution is 2.29. The van der Waals surface area contributed by atoms with Crippen LogP contribution in [0.5, 0.6) is 0 Å². The van der Waals surface area contributed by atoms with E-state index in [1.807, 2.05) is 0 Å². The summed E-state index contributed by atoms with van der Waals surface area (Å²) in [6.07, 6.45) is -7.32. The van der Waals surface area contributed by atoms with Gasteiger partial charge in [-0.1, -0.05) is 18.2 Å². The largest absolute Gasteiger partial charge is 0.465 e. The van der Waals surface area contributed by atoms with Crippen molar-refractivity contribution in [3.05, 3.63) is 70.8 Å². The van der Waals surface area contributed by atoms with Crippen molar-refractivity contribution < 1.29 is 37.0 Å². The van der Waals surface area contributed by atoms with Gasteiger partial charge < -0.3 is 15.5 Å². The molecule has 10 heteroatoms. The van der Waals surface area contributed by atoms with Crippen LogP contribution in [0.3, 0.4) is 0 Å². The molecule has 0 fully saturated rings. The molecule has 0 saturated carbocycles. The fourth-order valence-corrected chi connectivity index (χ4v) is 3.65. The van der Waals surface area contributed by atoms with Gasteiger partial charge in [0.1, 0.15) is 11.6 Å². The molecule has 182 valence electrons. The van der Waals surface area contributed by atoms with Crippen LogP contribution in [-0.4, -0.2) is 45.4 Å². The molecule has 2 rings (SSSR count). The molecule has 2 atom stereocenters. The Kier molecular flexibility index (Phi) is 8.42. The third-order valence-electron chi connectivity index (χ3n) is 5.01. The Morgan fingerprint density at radius 1 is 1.03 bits per heavy atom. The summed E-state index contributed by atoms with van der Waals surface area (Å²) in [7, 11) is 0. The molecule has 0 bridgehead atoms. The molecule has 0 aliphatic rings. The van der Waals surface area contributed by atoms with Gasteiger partial charge in [0, 0.05) is 24.7 Å². The number of nitrogens with one attached hydrogen (secondary N) is 1. The summed E-state index contributed by atoms with van der Waals surface area (Å²) in [5.41, 5.74) is -1.28. The van der Waals surface area contributed by atoms with Crippen molar-refractivity contribution in [2.45, 2.75) is 57.6 Å². The average Bonchev–Trinajstić information content (AvgIpc) is 2.64. The summed E-state index contributed by atoms with van der Waals surface area (Å²) >= 11 is 0. The lowest BCUT2D eigenvalue weighted by molar-refractivity contribution is -0.137. The Labute approximate surface area is 188 Å². The number of hydrogen-bond donors (Lipinski definition) is 3. The number of hydrogen-bond acceptors (Lipinski definition) is 3. The molecule has 0 aliphatic heterocycles. The van der Waals surface area contributed by atoms with Crippen LogP contribution in [0.4, 0.5) is 26.7 Å². The Morgan fingerprint density at radius 3 is 2.15 bits per heavy atom. The van der Waals surface area contributed by atoms with Gasteiger partial charge in [0.05, 0.1) is 17.7 Å². The van der Waals surface area contributed by atoms with E-state index in [4.69, 9.17) is 0 Å². The van der Waals surface area contributed by atoms with Gasteiger partial charge in [0.15, 0.2) is 0 Å². The van der Waals surface area contributed by atoms with E-state index in [0.717, 1.165) is 29.2 Å². The van der Waals surface area contributed by atoms with Gasteiger partial charge in [-0.25, -0.2) is 13.6 Å². The van der Waals surface area contributed by atoms with Gasteiger partial charge in [-0.05, 0) is 56.5 Å². The Morgan fingerprint density at radius 2 is 1.64 bits per heavy atom. The standard InChI is InChI=1S/C23H27F5N2O3/c1-22(2,3)30(21(32)33)19(10-15-8-17(24)11-18(25)9-15)20(31)13-29-12-14-5-4-6-16(7-14)23(26,27)28/h4-9,11,19-20,29,31H,10,12-13H2,1-3H3,(H,32,33)/t19-,20-/m0/s1. The first-order chi connectivity index (χ1) is 15.2. The predicted octanol–water partition coefficient (Wildman–Crippen LogP) is 4.82. The van der Waals surface area contributed by atoms with Crippen LogP contribution in [-0.2, 0) is 19.1 Å². The van der Waals surface area contributed by atoms with Crippen LogP contribution in [0.2, 0.25) is 0 Å². The van der Waals surface area contributed by atoms with Gasteiger partial charge >= 0.3 is 12.3 Å². The van der Waals surface area contributed by atoms with Crippen molar-refractivity contribution in [2.24, 2.45) is 0 Å². The van der Waals surface area contributed by atoms with Crippen LogP contribution in [0.1, 0.15) is 37.5 Å². The first-order valence-electron chi connectivity index (χ1n) is 10.2. The van der Waals surface area contributed by atoms with Crippen LogP contribution in [0.25, 0.3) is 0 Å². The molecule has 0 radical (unpaired) electrons. The molecule has 0 spiro atoms. The molecule has 0 aromatic heterocycles. The van der Waals surface area contributed by atoms with Gasteiger partial charge in [0.2, 0.25) is 0 Å². The third kappa shape index (κ3) is 7.68. The fourth-order valence-electron chi connectivity index (χ4n) is 3.65. The quantitative estimate of drug-likeness (QED) is 0.480. The average molecular weight is 474 g/mol. The zero-order valence-corrected chi connectivity index (χ0v) is 18.5. The van der Waals surface area contributed by atoms with E-state index < -0.39 is 47.2 Å². The van der Waals surface area contributed by atoms with Crippen molar-refractivity contribution in [2.75, 3.05) is 6.54 Å². The summed E-state index contributed by atoms with van der Waals surface area (Å²) in [5.74, 6) is -1.67. The maximum Gasteiger partial charge on any atom is 0.416 e. The highest BCUT2D eigenvalue weighted by Gasteiger charge is 2.37. The summed E-state index contributed by atoms with van der Waals surface area (Å²) in [6, 6.07) is 6.39. The molecule has 0 aliphatic carbocycles. The number of aliphatic hydroxyl groups is 1. The maximum absolute atomic E-state index is 13.7. The number of nitrogens with zero attached hydrogens (tertiary/aromatic N) is 1. The number of carbonyl (C=O) groups is 1. The fraction of sp³-hybridized carbons (Fsp3) is 0.435. The molecule has 3 N–H and O–H groups in total. The van der Waals surface area contributed by atoms with E-state index >= 15 is 0 Å². The highest BCUT2D eigenvalue weighted by molar-refractivity contribution is 5.66. The molecule has 0 unspecified atom stereocenters. The predicted molar refractivity (Wildman–Crippen MR) is 113 cm³/mol. The van der Waals surface area contributed by atoms with Crippen molar-refractivity contribution in [1.82, 2.24) is 10.2 Å². The van der Waals surface area contributed by atoms with Crippen molar-refractivity contribution in [3.63, 3.8) is 0 Å². The topological polar surface area (TPSA) is 72.8 Å². The van der Waals surface area contributed by atoms with E-state index in [9.17, 15) is 37.0 Å². The first-order valence-corrected chi connectivity index (χ1v) is 10.2. The lowest BCUT2D eigenvalue weighted by Crippen LogP contribution is -2.58. The molecule has 1 amide bonds. The number of rotatable bonds is 8. The van der Waals surface area contributed by atoms with Crippen molar-refractivity contribution in [3.8, 4) is 0 Å². The highest BCUT2D eigenvalue weighted by atomic mass is 19.4. The minimum atomic E-state index is -4.49. The smallest absolute Gasteiger partial charge is 0.416 e. The van der Waals surface area contributed by atoms with Gasteiger partial charge in [-0.15, -0.1) is 0 Å². The van der Waals surface area contributed by atoms with E-state index in [1.165, 1.54) is 12.1 Å². The molecule has 2 aromatic carbocycles. The Bertz CT molecular complexity index is 940. The normalized spacial score (nSPS) is 14.1. The second-order valence-electron chi connectivity index (χ2n) is 8.77. The zero-order chi connectivity index (χ0) is 25.0. The summed E-state index contributed by atoms with van der Waals surface area (Å²) in [4.78, 5) is 13.0. The van der Waals surface area contributed by atoms with Crippen LogP contribution < -0.4 is 5.32 Å². The molecule has 0 heterocycles. The van der Waals surface area contributed by atoms with Crippen LogP contribution >= 0.6 is 0 Å². The molecule has 2 aromatic rings.